The van der Waals surface area contributed by atoms with Gasteiger partial charge in [-0.3, -0.25) is 0 Å². The summed E-state index contributed by atoms with van der Waals surface area (Å²) >= 11 is 0. The summed E-state index contributed by atoms with van der Waals surface area (Å²) in [7, 11) is 0. The van der Waals surface area contributed by atoms with Crippen LogP contribution in [0.15, 0.2) is 259 Å². The van der Waals surface area contributed by atoms with Gasteiger partial charge in [0.15, 0.2) is 0 Å². The molecule has 2 heteroatoms. The van der Waals surface area contributed by atoms with Crippen molar-refractivity contribution in [2.45, 2.75) is 18.3 Å². The van der Waals surface area contributed by atoms with Crippen LogP contribution in [-0.2, 0) is 5.41 Å². The molecule has 0 amide bonds. The fourth-order valence-corrected chi connectivity index (χ4v) is 11.2. The SMILES string of the molecule is C1=CCCC(C2(c3ccccc3)c3ccccc3-c3ccc(N(c4ccc(-c5cccc(-c6cccc7ccccc67)c5)cc4)c4ccc(-c5ccc6oc7ccccc7c6c5)cc4)cc32)=C1. The third-order valence-corrected chi connectivity index (χ3v) is 14.2. The predicted octanol–water partition coefficient (Wildman–Crippen LogP) is 17.8. The van der Waals surface area contributed by atoms with E-state index in [4.69, 9.17) is 4.42 Å². The van der Waals surface area contributed by atoms with Crippen molar-refractivity contribution in [1.29, 1.82) is 0 Å². The van der Waals surface area contributed by atoms with Crippen LogP contribution in [0.1, 0.15) is 29.5 Å². The van der Waals surface area contributed by atoms with Gasteiger partial charge in [0.25, 0.3) is 0 Å². The molecule has 2 aliphatic carbocycles. The molecular weight excluding hydrogens is 811 g/mol. The lowest BCUT2D eigenvalue weighted by Gasteiger charge is -2.37. The Labute approximate surface area is 391 Å². The van der Waals surface area contributed by atoms with Gasteiger partial charge in [-0.1, -0.05) is 194 Å². The molecular formula is C65H45NO. The smallest absolute Gasteiger partial charge is 0.135 e. The molecule has 13 rings (SSSR count). The Morgan fingerprint density at radius 3 is 1.81 bits per heavy atom. The molecule has 0 saturated carbocycles. The molecule has 0 saturated heterocycles. The molecule has 1 atom stereocenters. The van der Waals surface area contributed by atoms with Gasteiger partial charge in [0.1, 0.15) is 11.2 Å². The van der Waals surface area contributed by atoms with Crippen molar-refractivity contribution in [1.82, 2.24) is 0 Å². The first-order valence-corrected chi connectivity index (χ1v) is 23.4. The zero-order valence-electron chi connectivity index (χ0n) is 36.9. The molecule has 2 aliphatic rings. The maximum absolute atomic E-state index is 6.19. The average molecular weight is 856 g/mol. The molecule has 1 unspecified atom stereocenters. The molecule has 0 radical (unpaired) electrons. The number of furan rings is 1. The Hall–Kier alpha value is -8.46. The minimum Gasteiger partial charge on any atom is -0.456 e. The molecule has 0 aliphatic heterocycles. The number of hydrogen-bond acceptors (Lipinski definition) is 2. The Balaban J connectivity index is 0.952. The summed E-state index contributed by atoms with van der Waals surface area (Å²) < 4.78 is 6.19. The van der Waals surface area contributed by atoms with E-state index in [0.29, 0.717) is 0 Å². The molecule has 1 aromatic heterocycles. The first-order valence-electron chi connectivity index (χ1n) is 23.4. The van der Waals surface area contributed by atoms with Crippen LogP contribution in [0.5, 0.6) is 0 Å². The van der Waals surface area contributed by atoms with E-state index < -0.39 is 5.41 Å². The van der Waals surface area contributed by atoms with Gasteiger partial charge in [0.2, 0.25) is 0 Å². The molecule has 11 aromatic rings. The van der Waals surface area contributed by atoms with E-state index in [1.165, 1.54) is 66.4 Å². The molecule has 0 N–H and O–H groups in total. The number of nitrogens with zero attached hydrogens (tertiary/aromatic N) is 1. The van der Waals surface area contributed by atoms with Crippen molar-refractivity contribution in [2.24, 2.45) is 0 Å². The minimum atomic E-state index is -0.432. The van der Waals surface area contributed by atoms with Gasteiger partial charge in [-0.05, 0) is 145 Å². The van der Waals surface area contributed by atoms with Crippen LogP contribution in [0.3, 0.4) is 0 Å². The van der Waals surface area contributed by atoms with Crippen molar-refractivity contribution in [3.8, 4) is 44.5 Å². The summed E-state index contributed by atoms with van der Waals surface area (Å²) in [6, 6.07) is 84.6. The average Bonchev–Trinajstić information content (AvgIpc) is 3.93. The zero-order chi connectivity index (χ0) is 44.3. The quantitative estimate of drug-likeness (QED) is 0.151. The highest BCUT2D eigenvalue weighted by Gasteiger charge is 2.47. The van der Waals surface area contributed by atoms with Crippen molar-refractivity contribution >= 4 is 49.8 Å². The van der Waals surface area contributed by atoms with Gasteiger partial charge < -0.3 is 9.32 Å². The first kappa shape index (κ1) is 39.0. The summed E-state index contributed by atoms with van der Waals surface area (Å²) in [5.41, 5.74) is 19.8. The van der Waals surface area contributed by atoms with E-state index in [1.54, 1.807) is 0 Å². The maximum atomic E-state index is 6.19. The molecule has 0 bridgehead atoms. The second-order valence-electron chi connectivity index (χ2n) is 17.9. The first-order chi connectivity index (χ1) is 33.2. The van der Waals surface area contributed by atoms with Crippen LogP contribution in [0.2, 0.25) is 0 Å². The van der Waals surface area contributed by atoms with Crippen molar-refractivity contribution in [3.63, 3.8) is 0 Å². The summed E-state index contributed by atoms with van der Waals surface area (Å²) in [6.07, 6.45) is 8.96. The van der Waals surface area contributed by atoms with Crippen LogP contribution in [-0.4, -0.2) is 0 Å². The van der Waals surface area contributed by atoms with E-state index in [0.717, 1.165) is 63.0 Å². The van der Waals surface area contributed by atoms with Crippen molar-refractivity contribution in [2.75, 3.05) is 4.90 Å². The van der Waals surface area contributed by atoms with Crippen molar-refractivity contribution in [3.05, 3.63) is 271 Å². The van der Waals surface area contributed by atoms with Crippen LogP contribution in [0.25, 0.3) is 77.2 Å². The topological polar surface area (TPSA) is 16.4 Å². The Morgan fingerprint density at radius 1 is 0.388 bits per heavy atom. The van der Waals surface area contributed by atoms with Gasteiger partial charge in [-0.2, -0.15) is 0 Å². The van der Waals surface area contributed by atoms with E-state index in [-0.39, 0.29) is 0 Å². The maximum Gasteiger partial charge on any atom is 0.135 e. The lowest BCUT2D eigenvalue weighted by Crippen LogP contribution is -2.30. The Bertz CT molecular complexity index is 3740. The summed E-state index contributed by atoms with van der Waals surface area (Å²) in [6.45, 7) is 0. The molecule has 10 aromatic carbocycles. The van der Waals surface area contributed by atoms with Gasteiger partial charge in [0, 0.05) is 27.8 Å². The van der Waals surface area contributed by atoms with Crippen LogP contribution in [0, 0.1) is 0 Å². The largest absolute Gasteiger partial charge is 0.456 e. The van der Waals surface area contributed by atoms with E-state index >= 15 is 0 Å². The van der Waals surface area contributed by atoms with Gasteiger partial charge in [0.05, 0.1) is 5.41 Å². The van der Waals surface area contributed by atoms with Crippen LogP contribution in [0.4, 0.5) is 17.1 Å². The monoisotopic (exact) mass is 855 g/mol. The normalized spacial score (nSPS) is 15.1. The number of rotatable bonds is 8. The molecule has 2 nitrogen and oxygen atoms in total. The predicted molar refractivity (Wildman–Crippen MR) is 280 cm³/mol. The van der Waals surface area contributed by atoms with E-state index in [9.17, 15) is 0 Å². The standard InChI is InChI=1S/C65H45NO/c1-3-19-50(20-4-1)65(51-21-5-2-6-22-51)61-27-11-9-24-57(61)58-39-38-54(43-62(58)65)66(53-36-31-45(32-37-53)48-33-40-64-60(42-48)59-25-10-12-28-63(59)67-64)52-34-29-44(30-35-52)47-17-13-18-49(41-47)56-26-14-16-46-15-7-8-23-55(46)56/h1-5,7-21,23-43H,6,22H2. The highest BCUT2D eigenvalue weighted by atomic mass is 16.3. The molecule has 67 heavy (non-hydrogen) atoms. The second-order valence-corrected chi connectivity index (χ2v) is 17.9. The van der Waals surface area contributed by atoms with Crippen LogP contribution >= 0.6 is 0 Å². The summed E-state index contributed by atoms with van der Waals surface area (Å²) in [5, 5.41) is 4.78. The van der Waals surface area contributed by atoms with Gasteiger partial charge in [-0.15, -0.1) is 0 Å². The third kappa shape index (κ3) is 6.40. The van der Waals surface area contributed by atoms with E-state index in [2.05, 4.69) is 242 Å². The minimum absolute atomic E-state index is 0.432. The lowest BCUT2D eigenvalue weighted by atomic mass is 9.65. The number of anilines is 3. The summed E-state index contributed by atoms with van der Waals surface area (Å²) in [5.74, 6) is 0. The number of benzene rings is 10. The highest BCUT2D eigenvalue weighted by molar-refractivity contribution is 6.06. The fourth-order valence-electron chi connectivity index (χ4n) is 11.2. The Morgan fingerprint density at radius 2 is 1.00 bits per heavy atom. The van der Waals surface area contributed by atoms with Gasteiger partial charge in [-0.25, -0.2) is 0 Å². The zero-order valence-corrected chi connectivity index (χ0v) is 36.9. The highest BCUT2D eigenvalue weighted by Crippen LogP contribution is 2.58. The number of allylic oxidation sites excluding steroid dienone is 4. The van der Waals surface area contributed by atoms with Crippen LogP contribution < -0.4 is 4.90 Å². The molecule has 0 spiro atoms. The lowest BCUT2D eigenvalue weighted by molar-refractivity contribution is 0.669. The third-order valence-electron chi connectivity index (χ3n) is 14.2. The number of hydrogen-bond donors (Lipinski definition) is 0. The summed E-state index contributed by atoms with van der Waals surface area (Å²) in [4.78, 5) is 2.43. The molecule has 1 heterocycles. The van der Waals surface area contributed by atoms with E-state index in [1.807, 2.05) is 12.1 Å². The Kier molecular flexibility index (Phi) is 9.25. The second kappa shape index (κ2) is 15.9. The van der Waals surface area contributed by atoms with Gasteiger partial charge >= 0.3 is 0 Å². The molecule has 0 fully saturated rings. The fraction of sp³-hybridized carbons (Fsp3) is 0.0462. The number of fused-ring (bicyclic) bond motifs is 7. The van der Waals surface area contributed by atoms with Crippen molar-refractivity contribution < 1.29 is 4.42 Å². The number of para-hydroxylation sites is 1. The molecule has 316 valence electrons.